The van der Waals surface area contributed by atoms with E-state index in [-0.39, 0.29) is 6.10 Å². The molecule has 1 aromatic carbocycles. The molecule has 8 heteroatoms. The number of rotatable bonds is 4. The number of benzene rings is 1. The van der Waals surface area contributed by atoms with Crippen molar-refractivity contribution >= 4 is 31.6 Å². The van der Waals surface area contributed by atoms with Gasteiger partial charge in [0.2, 0.25) is 15.9 Å². The molecule has 1 saturated heterocycles. The number of sulfonamides is 1. The van der Waals surface area contributed by atoms with Gasteiger partial charge in [-0.15, -0.1) is 11.3 Å². The molecule has 3 aromatic rings. The van der Waals surface area contributed by atoms with Crippen LogP contribution in [0.3, 0.4) is 0 Å². The fourth-order valence-corrected chi connectivity index (χ4v) is 5.30. The third-order valence-corrected chi connectivity index (χ3v) is 7.35. The topological polar surface area (TPSA) is 72.4 Å². The predicted octanol–water partition coefficient (Wildman–Crippen LogP) is 3.23. The van der Waals surface area contributed by atoms with Crippen molar-refractivity contribution in [2.24, 2.45) is 0 Å². The summed E-state index contributed by atoms with van der Waals surface area (Å²) >= 11 is 1.55. The van der Waals surface area contributed by atoms with E-state index in [4.69, 9.17) is 4.74 Å². The summed E-state index contributed by atoms with van der Waals surface area (Å²) in [5, 5.41) is 1.96. The molecule has 0 aliphatic carbocycles. The molecule has 1 fully saturated rings. The highest BCUT2D eigenvalue weighted by Crippen LogP contribution is 2.29. The predicted molar refractivity (Wildman–Crippen MR) is 101 cm³/mol. The van der Waals surface area contributed by atoms with Crippen molar-refractivity contribution in [3.8, 4) is 5.88 Å². The SMILES string of the molecule is Cc1ccc(S(=O)(=O)N2CCC(Oc3ncnc4ccsc34)CC2)cc1. The van der Waals surface area contributed by atoms with Gasteiger partial charge in [0, 0.05) is 13.1 Å². The summed E-state index contributed by atoms with van der Waals surface area (Å²) in [6.07, 6.45) is 2.74. The van der Waals surface area contributed by atoms with Crippen molar-refractivity contribution in [2.75, 3.05) is 13.1 Å². The lowest BCUT2D eigenvalue weighted by Gasteiger charge is -2.31. The molecule has 1 aliphatic rings. The molecule has 0 unspecified atom stereocenters. The summed E-state index contributed by atoms with van der Waals surface area (Å²) in [5.41, 5.74) is 1.92. The van der Waals surface area contributed by atoms with Crippen LogP contribution < -0.4 is 4.74 Å². The molecule has 0 atom stereocenters. The molecule has 26 heavy (non-hydrogen) atoms. The van der Waals surface area contributed by atoms with Crippen LogP contribution in [0.2, 0.25) is 0 Å². The second-order valence-corrected chi connectivity index (χ2v) is 9.20. The van der Waals surface area contributed by atoms with Crippen LogP contribution >= 0.6 is 11.3 Å². The zero-order valence-corrected chi connectivity index (χ0v) is 16.0. The van der Waals surface area contributed by atoms with Crippen LogP contribution in [-0.4, -0.2) is 41.9 Å². The third kappa shape index (κ3) is 3.32. The Balaban J connectivity index is 1.44. The molecule has 6 nitrogen and oxygen atoms in total. The number of fused-ring (bicyclic) bond motifs is 1. The number of thiophene rings is 1. The molecule has 0 amide bonds. The van der Waals surface area contributed by atoms with Crippen LogP contribution in [0.5, 0.6) is 5.88 Å². The van der Waals surface area contributed by atoms with Crippen molar-refractivity contribution in [3.63, 3.8) is 0 Å². The van der Waals surface area contributed by atoms with Gasteiger partial charge in [-0.2, -0.15) is 4.31 Å². The molecule has 3 heterocycles. The van der Waals surface area contributed by atoms with E-state index in [2.05, 4.69) is 9.97 Å². The molecule has 0 spiro atoms. The molecule has 0 N–H and O–H groups in total. The maximum absolute atomic E-state index is 12.8. The Labute approximate surface area is 156 Å². The van der Waals surface area contributed by atoms with Crippen molar-refractivity contribution in [1.82, 2.24) is 14.3 Å². The standard InChI is InChI=1S/C18H19N3O3S2/c1-13-2-4-15(5-3-13)26(22,23)21-9-6-14(7-10-21)24-18-17-16(8-11-25-17)19-12-20-18/h2-5,8,11-12,14H,6-7,9-10H2,1H3. The highest BCUT2D eigenvalue weighted by molar-refractivity contribution is 7.89. The summed E-state index contributed by atoms with van der Waals surface area (Å²) in [4.78, 5) is 8.80. The Morgan fingerprint density at radius 1 is 1.12 bits per heavy atom. The maximum Gasteiger partial charge on any atom is 0.243 e. The summed E-state index contributed by atoms with van der Waals surface area (Å²) in [6.45, 7) is 2.83. The van der Waals surface area contributed by atoms with Gasteiger partial charge in [-0.25, -0.2) is 18.4 Å². The number of ether oxygens (including phenoxy) is 1. The first kappa shape index (κ1) is 17.4. The summed E-state index contributed by atoms with van der Waals surface area (Å²) in [5.74, 6) is 0.588. The number of aryl methyl sites for hydroxylation is 1. The van der Waals surface area contributed by atoms with Gasteiger partial charge in [0.15, 0.2) is 0 Å². The average Bonchev–Trinajstić information content (AvgIpc) is 3.12. The Hall–Kier alpha value is -2.03. The lowest BCUT2D eigenvalue weighted by atomic mass is 10.1. The third-order valence-electron chi connectivity index (χ3n) is 4.55. The number of piperidine rings is 1. The first-order valence-corrected chi connectivity index (χ1v) is 10.8. The molecule has 1 aliphatic heterocycles. The zero-order chi connectivity index (χ0) is 18.1. The highest BCUT2D eigenvalue weighted by atomic mass is 32.2. The van der Waals surface area contributed by atoms with E-state index in [1.807, 2.05) is 30.5 Å². The second-order valence-electron chi connectivity index (χ2n) is 6.35. The van der Waals surface area contributed by atoms with Gasteiger partial charge in [0.1, 0.15) is 17.1 Å². The van der Waals surface area contributed by atoms with Gasteiger partial charge in [-0.1, -0.05) is 17.7 Å². The van der Waals surface area contributed by atoms with Crippen molar-refractivity contribution in [1.29, 1.82) is 0 Å². The number of hydrogen-bond donors (Lipinski definition) is 0. The molecule has 2 aromatic heterocycles. The number of nitrogens with zero attached hydrogens (tertiary/aromatic N) is 3. The van der Waals surface area contributed by atoms with E-state index >= 15 is 0 Å². The Morgan fingerprint density at radius 2 is 1.85 bits per heavy atom. The lowest BCUT2D eigenvalue weighted by Crippen LogP contribution is -2.41. The van der Waals surface area contributed by atoms with Crippen LogP contribution in [0.25, 0.3) is 10.2 Å². The van der Waals surface area contributed by atoms with Crippen molar-refractivity contribution < 1.29 is 13.2 Å². The van der Waals surface area contributed by atoms with E-state index in [1.54, 1.807) is 23.5 Å². The average molecular weight is 390 g/mol. The zero-order valence-electron chi connectivity index (χ0n) is 14.3. The number of hydrogen-bond acceptors (Lipinski definition) is 6. The second kappa shape index (κ2) is 6.94. The molecule has 0 saturated carbocycles. The van der Waals surface area contributed by atoms with E-state index in [9.17, 15) is 8.42 Å². The molecular weight excluding hydrogens is 370 g/mol. The minimum absolute atomic E-state index is 0.0420. The van der Waals surface area contributed by atoms with Crippen LogP contribution in [-0.2, 0) is 10.0 Å². The van der Waals surface area contributed by atoms with E-state index < -0.39 is 10.0 Å². The van der Waals surface area contributed by atoms with E-state index in [1.165, 1.54) is 10.6 Å². The largest absolute Gasteiger partial charge is 0.473 e. The Bertz CT molecular complexity index is 1010. The van der Waals surface area contributed by atoms with Crippen LogP contribution in [0.4, 0.5) is 0 Å². The van der Waals surface area contributed by atoms with Gasteiger partial charge in [-0.3, -0.25) is 0 Å². The van der Waals surface area contributed by atoms with E-state index in [0.717, 1.165) is 15.8 Å². The highest BCUT2D eigenvalue weighted by Gasteiger charge is 2.30. The Morgan fingerprint density at radius 3 is 2.58 bits per heavy atom. The quantitative estimate of drug-likeness (QED) is 0.685. The number of aromatic nitrogens is 2. The van der Waals surface area contributed by atoms with Gasteiger partial charge in [0.05, 0.1) is 10.4 Å². The summed E-state index contributed by atoms with van der Waals surface area (Å²) in [7, 11) is -3.45. The lowest BCUT2D eigenvalue weighted by molar-refractivity contribution is 0.132. The molecule has 0 bridgehead atoms. The molecule has 4 rings (SSSR count). The Kier molecular flexibility index (Phi) is 4.64. The first-order valence-electron chi connectivity index (χ1n) is 8.46. The monoisotopic (exact) mass is 389 g/mol. The fraction of sp³-hybridized carbons (Fsp3) is 0.333. The maximum atomic E-state index is 12.8. The minimum Gasteiger partial charge on any atom is -0.473 e. The van der Waals surface area contributed by atoms with Gasteiger partial charge >= 0.3 is 0 Å². The van der Waals surface area contributed by atoms with Gasteiger partial charge < -0.3 is 4.74 Å². The van der Waals surface area contributed by atoms with Crippen LogP contribution in [0.1, 0.15) is 18.4 Å². The van der Waals surface area contributed by atoms with Gasteiger partial charge in [0.25, 0.3) is 0 Å². The summed E-state index contributed by atoms with van der Waals surface area (Å²) < 4.78 is 34.1. The minimum atomic E-state index is -3.45. The van der Waals surface area contributed by atoms with Crippen LogP contribution in [0, 0.1) is 6.92 Å². The normalized spacial score (nSPS) is 16.8. The molecular formula is C18H19N3O3S2. The smallest absolute Gasteiger partial charge is 0.243 e. The summed E-state index contributed by atoms with van der Waals surface area (Å²) in [6, 6.07) is 8.92. The molecule has 136 valence electrons. The van der Waals surface area contributed by atoms with Crippen molar-refractivity contribution in [3.05, 3.63) is 47.6 Å². The molecule has 0 radical (unpaired) electrons. The van der Waals surface area contributed by atoms with Crippen LogP contribution in [0.15, 0.2) is 46.9 Å². The fourth-order valence-electron chi connectivity index (χ4n) is 3.06. The van der Waals surface area contributed by atoms with E-state index in [0.29, 0.717) is 36.7 Å². The van der Waals surface area contributed by atoms with Crippen molar-refractivity contribution in [2.45, 2.75) is 30.8 Å². The van der Waals surface area contributed by atoms with Gasteiger partial charge in [-0.05, 0) is 43.3 Å². The first-order chi connectivity index (χ1) is 12.5.